The van der Waals surface area contributed by atoms with Crippen molar-refractivity contribution in [2.24, 2.45) is 7.05 Å². The molecule has 2 N–H and O–H groups in total. The summed E-state index contributed by atoms with van der Waals surface area (Å²) in [6.45, 7) is 3.89. The highest BCUT2D eigenvalue weighted by Gasteiger charge is 2.22. The molecular formula is C20H20N4O2. The molecule has 0 fully saturated rings. The molecule has 1 aromatic heterocycles. The topological polar surface area (TPSA) is 76.0 Å². The summed E-state index contributed by atoms with van der Waals surface area (Å²) in [6, 6.07) is 14.9. The molecule has 3 rings (SSSR count). The zero-order valence-corrected chi connectivity index (χ0v) is 14.9. The van der Waals surface area contributed by atoms with Gasteiger partial charge in [-0.1, -0.05) is 24.3 Å². The van der Waals surface area contributed by atoms with Gasteiger partial charge in [0.05, 0.1) is 11.8 Å². The Bertz CT molecular complexity index is 975. The van der Waals surface area contributed by atoms with Crippen LogP contribution in [0, 0.1) is 13.8 Å². The molecule has 3 aromatic rings. The molecule has 1 heterocycles. The second kappa shape index (κ2) is 7.23. The number of aryl methyl sites for hydroxylation is 3. The highest BCUT2D eigenvalue weighted by atomic mass is 16.2. The average Bonchev–Trinajstić information content (AvgIpc) is 2.97. The Morgan fingerprint density at radius 3 is 1.96 bits per heavy atom. The fourth-order valence-corrected chi connectivity index (χ4v) is 2.71. The van der Waals surface area contributed by atoms with E-state index in [2.05, 4.69) is 15.7 Å². The lowest BCUT2D eigenvalue weighted by Gasteiger charge is -2.09. The zero-order chi connectivity index (χ0) is 18.7. The van der Waals surface area contributed by atoms with E-state index in [0.29, 0.717) is 11.4 Å². The van der Waals surface area contributed by atoms with Crippen LogP contribution in [0.15, 0.2) is 54.7 Å². The van der Waals surface area contributed by atoms with Gasteiger partial charge in [0.1, 0.15) is 5.69 Å². The summed E-state index contributed by atoms with van der Waals surface area (Å²) in [6.07, 6.45) is 1.40. The van der Waals surface area contributed by atoms with Gasteiger partial charge in [-0.2, -0.15) is 5.10 Å². The predicted octanol–water partition coefficient (Wildman–Crippen LogP) is 3.54. The van der Waals surface area contributed by atoms with Crippen LogP contribution >= 0.6 is 0 Å². The second-order valence-electron chi connectivity index (χ2n) is 6.18. The molecular weight excluding hydrogens is 328 g/mol. The van der Waals surface area contributed by atoms with Crippen LogP contribution in [0.25, 0.3) is 0 Å². The molecule has 2 aromatic carbocycles. The third kappa shape index (κ3) is 3.80. The molecule has 132 valence electrons. The minimum absolute atomic E-state index is 0.205. The van der Waals surface area contributed by atoms with Crippen molar-refractivity contribution in [3.63, 3.8) is 0 Å². The first-order valence-corrected chi connectivity index (χ1v) is 8.22. The Morgan fingerprint density at radius 2 is 1.42 bits per heavy atom. The van der Waals surface area contributed by atoms with Crippen molar-refractivity contribution in [2.45, 2.75) is 13.8 Å². The molecule has 0 spiro atoms. The molecule has 0 atom stereocenters. The minimum atomic E-state index is -0.384. The molecule has 0 aliphatic carbocycles. The molecule has 0 aliphatic rings. The van der Waals surface area contributed by atoms with Crippen molar-refractivity contribution in [2.75, 3.05) is 10.6 Å². The summed E-state index contributed by atoms with van der Waals surface area (Å²) in [5.41, 5.74) is 3.83. The quantitative estimate of drug-likeness (QED) is 0.757. The third-order valence-corrected chi connectivity index (χ3v) is 3.95. The largest absolute Gasteiger partial charge is 0.322 e. The summed E-state index contributed by atoms with van der Waals surface area (Å²) in [7, 11) is 1.63. The van der Waals surface area contributed by atoms with E-state index < -0.39 is 0 Å². The number of amides is 2. The maximum atomic E-state index is 12.7. The summed E-state index contributed by atoms with van der Waals surface area (Å²) in [5.74, 6) is -0.761. The zero-order valence-electron chi connectivity index (χ0n) is 14.9. The van der Waals surface area contributed by atoms with Crippen molar-refractivity contribution in [3.8, 4) is 0 Å². The number of nitrogens with one attached hydrogen (secondary N) is 2. The lowest BCUT2D eigenvalue weighted by molar-refractivity contribution is 0.0985. The van der Waals surface area contributed by atoms with Gasteiger partial charge < -0.3 is 10.6 Å². The standard InChI is InChI=1S/C20H20N4O2/c1-13-6-4-8-15(10-13)22-19(25)17-12-21-24(3)18(17)20(26)23-16-9-5-7-14(2)11-16/h4-12H,1-3H3,(H,22,25)(H,23,26). The second-order valence-corrected chi connectivity index (χ2v) is 6.18. The van der Waals surface area contributed by atoms with Crippen LogP contribution < -0.4 is 10.6 Å². The Morgan fingerprint density at radius 1 is 0.885 bits per heavy atom. The number of benzene rings is 2. The van der Waals surface area contributed by atoms with E-state index in [4.69, 9.17) is 0 Å². The highest BCUT2D eigenvalue weighted by molar-refractivity contribution is 6.14. The van der Waals surface area contributed by atoms with Crippen LogP contribution in [-0.2, 0) is 7.05 Å². The molecule has 0 radical (unpaired) electrons. The van der Waals surface area contributed by atoms with Gasteiger partial charge in [-0.25, -0.2) is 0 Å². The fraction of sp³-hybridized carbons (Fsp3) is 0.150. The number of hydrogen-bond acceptors (Lipinski definition) is 3. The van der Waals surface area contributed by atoms with E-state index in [1.54, 1.807) is 19.2 Å². The number of anilines is 2. The van der Waals surface area contributed by atoms with E-state index in [0.717, 1.165) is 11.1 Å². The maximum absolute atomic E-state index is 12.7. The summed E-state index contributed by atoms with van der Waals surface area (Å²) in [5, 5.41) is 9.69. The van der Waals surface area contributed by atoms with E-state index in [1.165, 1.54) is 10.9 Å². The van der Waals surface area contributed by atoms with Gasteiger partial charge in [-0.05, 0) is 49.2 Å². The number of carbonyl (C=O) groups is 2. The summed E-state index contributed by atoms with van der Waals surface area (Å²) in [4.78, 5) is 25.3. The van der Waals surface area contributed by atoms with Crippen LogP contribution in [0.3, 0.4) is 0 Å². The molecule has 0 aliphatic heterocycles. The SMILES string of the molecule is Cc1cccc(NC(=O)c2cnn(C)c2C(=O)Nc2cccc(C)c2)c1. The van der Waals surface area contributed by atoms with Gasteiger partial charge in [0, 0.05) is 18.4 Å². The van der Waals surface area contributed by atoms with Gasteiger partial charge in [0.25, 0.3) is 11.8 Å². The summed E-state index contributed by atoms with van der Waals surface area (Å²) < 4.78 is 1.40. The van der Waals surface area contributed by atoms with Crippen molar-refractivity contribution in [3.05, 3.63) is 77.1 Å². The smallest absolute Gasteiger partial charge is 0.274 e. The number of rotatable bonds is 4. The van der Waals surface area contributed by atoms with Crippen LogP contribution in [0.2, 0.25) is 0 Å². The van der Waals surface area contributed by atoms with Crippen LogP contribution in [-0.4, -0.2) is 21.6 Å². The lowest BCUT2D eigenvalue weighted by Crippen LogP contribution is -2.22. The highest BCUT2D eigenvalue weighted by Crippen LogP contribution is 2.16. The van der Waals surface area contributed by atoms with Gasteiger partial charge >= 0.3 is 0 Å². The molecule has 6 nitrogen and oxygen atoms in total. The summed E-state index contributed by atoms with van der Waals surface area (Å²) >= 11 is 0. The molecule has 0 bridgehead atoms. The van der Waals surface area contributed by atoms with Crippen molar-refractivity contribution in [1.82, 2.24) is 9.78 Å². The first-order chi connectivity index (χ1) is 12.4. The first kappa shape index (κ1) is 17.4. The first-order valence-electron chi connectivity index (χ1n) is 8.22. The molecule has 2 amide bonds. The van der Waals surface area contributed by atoms with Crippen molar-refractivity contribution >= 4 is 23.2 Å². The van der Waals surface area contributed by atoms with E-state index in [1.807, 2.05) is 50.2 Å². The molecule has 26 heavy (non-hydrogen) atoms. The molecule has 0 unspecified atom stereocenters. The van der Waals surface area contributed by atoms with Crippen LogP contribution in [0.5, 0.6) is 0 Å². The normalized spacial score (nSPS) is 10.4. The third-order valence-electron chi connectivity index (χ3n) is 3.95. The van der Waals surface area contributed by atoms with E-state index in [-0.39, 0.29) is 23.1 Å². The van der Waals surface area contributed by atoms with Crippen LogP contribution in [0.4, 0.5) is 11.4 Å². The molecule has 0 saturated heterocycles. The Kier molecular flexibility index (Phi) is 4.84. The van der Waals surface area contributed by atoms with Gasteiger partial charge in [0.15, 0.2) is 0 Å². The van der Waals surface area contributed by atoms with Crippen molar-refractivity contribution in [1.29, 1.82) is 0 Å². The van der Waals surface area contributed by atoms with Gasteiger partial charge in [-0.3, -0.25) is 14.3 Å². The predicted molar refractivity (Wildman–Crippen MR) is 101 cm³/mol. The van der Waals surface area contributed by atoms with Gasteiger partial charge in [0.2, 0.25) is 0 Å². The number of hydrogen-bond donors (Lipinski definition) is 2. The number of carbonyl (C=O) groups excluding carboxylic acids is 2. The molecule has 0 saturated carbocycles. The van der Waals surface area contributed by atoms with Crippen LogP contribution in [0.1, 0.15) is 32.0 Å². The Labute approximate surface area is 151 Å². The maximum Gasteiger partial charge on any atom is 0.274 e. The van der Waals surface area contributed by atoms with E-state index >= 15 is 0 Å². The number of nitrogens with zero attached hydrogens (tertiary/aromatic N) is 2. The monoisotopic (exact) mass is 348 g/mol. The number of aromatic nitrogens is 2. The minimum Gasteiger partial charge on any atom is -0.322 e. The van der Waals surface area contributed by atoms with Gasteiger partial charge in [-0.15, -0.1) is 0 Å². The molecule has 6 heteroatoms. The average molecular weight is 348 g/mol. The Balaban J connectivity index is 1.84. The van der Waals surface area contributed by atoms with Crippen molar-refractivity contribution < 1.29 is 9.59 Å². The Hall–Kier alpha value is -3.41. The van der Waals surface area contributed by atoms with E-state index in [9.17, 15) is 9.59 Å². The lowest BCUT2D eigenvalue weighted by atomic mass is 10.1. The fourth-order valence-electron chi connectivity index (χ4n) is 2.71.